The van der Waals surface area contributed by atoms with Gasteiger partial charge in [-0.05, 0) is 44.3 Å². The van der Waals surface area contributed by atoms with Crippen LogP contribution in [-0.4, -0.2) is 60.4 Å². The molecule has 0 spiro atoms. The van der Waals surface area contributed by atoms with Gasteiger partial charge in [-0.15, -0.1) is 0 Å². The van der Waals surface area contributed by atoms with E-state index in [0.717, 1.165) is 13.1 Å². The standard InChI is InChI=1S/C24H24ClFN4O3/c1-14-13-33-23-21-17(11-19(26)22(23)29-9-7-28(2)8-10-29)20(18(24(31)32)12-30(14)21)27-16-5-3-15(25)4-6-16/h3-6,11-12,14H,7-10,13H2,1-2H3,(H,31,32). The molecule has 3 heterocycles. The summed E-state index contributed by atoms with van der Waals surface area (Å²) in [5.74, 6) is -1.13. The summed E-state index contributed by atoms with van der Waals surface area (Å²) < 4.78 is 23.6. The van der Waals surface area contributed by atoms with Crippen LogP contribution in [0.5, 0.6) is 5.75 Å². The normalized spacial score (nSPS) is 19.1. The van der Waals surface area contributed by atoms with Crippen molar-refractivity contribution in [2.24, 2.45) is 4.99 Å². The Kier molecular flexibility index (Phi) is 5.50. The third kappa shape index (κ3) is 3.83. The van der Waals surface area contributed by atoms with Crippen LogP contribution in [0.1, 0.15) is 23.3 Å². The molecule has 0 aliphatic carbocycles. The fourth-order valence-corrected chi connectivity index (χ4v) is 4.59. The third-order valence-corrected chi connectivity index (χ3v) is 6.53. The highest BCUT2D eigenvalue weighted by Crippen LogP contribution is 2.42. The molecule has 1 fully saturated rings. The van der Waals surface area contributed by atoms with Gasteiger partial charge in [0.15, 0.2) is 11.6 Å². The first-order valence-corrected chi connectivity index (χ1v) is 11.2. The molecule has 5 rings (SSSR count). The summed E-state index contributed by atoms with van der Waals surface area (Å²) in [5, 5.41) is 11.1. The number of pyridine rings is 1. The lowest BCUT2D eigenvalue weighted by atomic mass is 10.0. The van der Waals surface area contributed by atoms with E-state index in [0.29, 0.717) is 52.7 Å². The van der Waals surface area contributed by atoms with E-state index >= 15 is 4.39 Å². The Morgan fingerprint density at radius 1 is 1.21 bits per heavy atom. The van der Waals surface area contributed by atoms with Crippen LogP contribution >= 0.6 is 11.6 Å². The lowest BCUT2D eigenvalue weighted by Crippen LogP contribution is -2.45. The van der Waals surface area contributed by atoms with Gasteiger partial charge in [0.2, 0.25) is 0 Å². The summed E-state index contributed by atoms with van der Waals surface area (Å²) >= 11 is 5.98. The summed E-state index contributed by atoms with van der Waals surface area (Å²) in [6, 6.07) is 8.03. The zero-order chi connectivity index (χ0) is 23.3. The zero-order valence-corrected chi connectivity index (χ0v) is 19.1. The molecule has 1 N–H and O–H groups in total. The quantitative estimate of drug-likeness (QED) is 0.625. The number of anilines is 1. The molecule has 9 heteroatoms. The predicted octanol–water partition coefficient (Wildman–Crippen LogP) is 4.07. The molecule has 0 bridgehead atoms. The molecule has 2 aliphatic rings. The fraction of sp³-hybridized carbons (Fsp3) is 0.333. The molecular weight excluding hydrogens is 447 g/mol. The van der Waals surface area contributed by atoms with Gasteiger partial charge in [0.25, 0.3) is 0 Å². The van der Waals surface area contributed by atoms with E-state index in [1.165, 1.54) is 6.07 Å². The number of hydrogen-bond donors (Lipinski definition) is 1. The van der Waals surface area contributed by atoms with E-state index in [-0.39, 0.29) is 17.0 Å². The van der Waals surface area contributed by atoms with Gasteiger partial charge < -0.3 is 24.2 Å². The zero-order valence-electron chi connectivity index (χ0n) is 18.4. The maximum Gasteiger partial charge on any atom is 0.339 e. The van der Waals surface area contributed by atoms with Gasteiger partial charge in [0.1, 0.15) is 17.9 Å². The molecule has 0 saturated carbocycles. The Labute approximate surface area is 195 Å². The highest BCUT2D eigenvalue weighted by molar-refractivity contribution is 6.30. The van der Waals surface area contributed by atoms with Crippen molar-refractivity contribution in [3.8, 4) is 5.75 Å². The second-order valence-electron chi connectivity index (χ2n) is 8.57. The minimum Gasteiger partial charge on any atom is -0.487 e. The number of aromatic nitrogens is 1. The Bertz CT molecular complexity index is 1310. The van der Waals surface area contributed by atoms with Crippen LogP contribution in [0.15, 0.2) is 41.5 Å². The molecule has 172 valence electrons. The van der Waals surface area contributed by atoms with Crippen LogP contribution in [0.2, 0.25) is 5.02 Å². The number of likely N-dealkylation sites (N-methyl/N-ethyl adjacent to an activating group) is 1. The number of aromatic carboxylic acids is 1. The second-order valence-corrected chi connectivity index (χ2v) is 9.01. The molecular formula is C24H24ClFN4O3. The fourth-order valence-electron chi connectivity index (χ4n) is 4.47. The van der Waals surface area contributed by atoms with Gasteiger partial charge in [-0.3, -0.25) is 0 Å². The largest absolute Gasteiger partial charge is 0.487 e. The molecule has 3 aromatic rings. The first-order chi connectivity index (χ1) is 15.8. The number of nitrogens with zero attached hydrogens (tertiary/aromatic N) is 4. The van der Waals surface area contributed by atoms with E-state index in [1.54, 1.807) is 30.5 Å². The van der Waals surface area contributed by atoms with E-state index in [1.807, 2.05) is 23.4 Å². The molecule has 2 aliphatic heterocycles. The van der Waals surface area contributed by atoms with E-state index in [4.69, 9.17) is 16.3 Å². The van der Waals surface area contributed by atoms with Crippen LogP contribution in [0.3, 0.4) is 0 Å². The number of halogens is 2. The topological polar surface area (TPSA) is 70.3 Å². The van der Waals surface area contributed by atoms with E-state index < -0.39 is 11.8 Å². The number of carboxylic acids is 1. The van der Waals surface area contributed by atoms with Crippen molar-refractivity contribution in [3.63, 3.8) is 0 Å². The monoisotopic (exact) mass is 470 g/mol. The van der Waals surface area contributed by atoms with E-state index in [2.05, 4.69) is 9.89 Å². The van der Waals surface area contributed by atoms with Crippen molar-refractivity contribution in [1.29, 1.82) is 0 Å². The molecule has 0 radical (unpaired) electrons. The number of carboxylic acid groups (broad SMARTS) is 1. The number of carbonyl (C=O) groups is 1. The molecule has 1 aromatic heterocycles. The lowest BCUT2D eigenvalue weighted by Gasteiger charge is -2.37. The maximum atomic E-state index is 15.7. The SMILES string of the molecule is CC1COc2c(N3CCN(C)CC3)c(F)cc3c(=Nc4ccc(Cl)cc4)c(C(=O)O)cn1c23. The van der Waals surface area contributed by atoms with Gasteiger partial charge in [-0.1, -0.05) is 11.6 Å². The van der Waals surface area contributed by atoms with Gasteiger partial charge in [0, 0.05) is 42.8 Å². The Hall–Kier alpha value is -3.10. The molecule has 1 saturated heterocycles. The van der Waals surface area contributed by atoms with Gasteiger partial charge in [0.05, 0.1) is 22.6 Å². The number of rotatable bonds is 3. The van der Waals surface area contributed by atoms with Crippen molar-refractivity contribution in [2.45, 2.75) is 13.0 Å². The number of hydrogen-bond acceptors (Lipinski definition) is 5. The Balaban J connectivity index is 1.83. The molecule has 33 heavy (non-hydrogen) atoms. The van der Waals surface area contributed by atoms with Gasteiger partial charge >= 0.3 is 5.97 Å². The van der Waals surface area contributed by atoms with Crippen LogP contribution in [-0.2, 0) is 0 Å². The number of ether oxygens (including phenoxy) is 1. The summed E-state index contributed by atoms with van der Waals surface area (Å²) in [7, 11) is 2.04. The molecule has 2 aromatic carbocycles. The number of piperazine rings is 1. The van der Waals surface area contributed by atoms with Crippen LogP contribution in [0.4, 0.5) is 15.8 Å². The molecule has 1 atom stereocenters. The highest BCUT2D eigenvalue weighted by Gasteiger charge is 2.30. The molecule has 0 amide bonds. The predicted molar refractivity (Wildman–Crippen MR) is 125 cm³/mol. The first kappa shape index (κ1) is 21.7. The summed E-state index contributed by atoms with van der Waals surface area (Å²) in [4.78, 5) is 21.0. The highest BCUT2D eigenvalue weighted by atomic mass is 35.5. The maximum absolute atomic E-state index is 15.7. The molecule has 7 nitrogen and oxygen atoms in total. The Morgan fingerprint density at radius 2 is 1.91 bits per heavy atom. The van der Waals surface area contributed by atoms with Crippen molar-refractivity contribution in [1.82, 2.24) is 9.47 Å². The average molecular weight is 471 g/mol. The first-order valence-electron chi connectivity index (χ1n) is 10.8. The minimum atomic E-state index is -1.13. The smallest absolute Gasteiger partial charge is 0.339 e. The number of benzene rings is 2. The minimum absolute atomic E-state index is 0.00361. The van der Waals surface area contributed by atoms with Crippen molar-refractivity contribution >= 4 is 39.8 Å². The van der Waals surface area contributed by atoms with Crippen LogP contribution in [0, 0.1) is 5.82 Å². The third-order valence-electron chi connectivity index (χ3n) is 6.28. The van der Waals surface area contributed by atoms with Crippen LogP contribution < -0.4 is 15.0 Å². The van der Waals surface area contributed by atoms with Gasteiger partial charge in [-0.25, -0.2) is 14.2 Å². The van der Waals surface area contributed by atoms with Crippen molar-refractivity contribution < 1.29 is 19.0 Å². The van der Waals surface area contributed by atoms with Crippen molar-refractivity contribution in [3.05, 3.63) is 58.3 Å². The summed E-state index contributed by atoms with van der Waals surface area (Å²) in [6.45, 7) is 5.28. The Morgan fingerprint density at radius 3 is 2.58 bits per heavy atom. The average Bonchev–Trinajstić information content (AvgIpc) is 2.79. The van der Waals surface area contributed by atoms with Gasteiger partial charge in [-0.2, -0.15) is 0 Å². The lowest BCUT2D eigenvalue weighted by molar-refractivity contribution is 0.0694. The van der Waals surface area contributed by atoms with Crippen LogP contribution in [0.25, 0.3) is 10.9 Å². The van der Waals surface area contributed by atoms with E-state index in [9.17, 15) is 9.90 Å². The summed E-state index contributed by atoms with van der Waals surface area (Å²) in [5.41, 5.74) is 1.61. The molecule has 1 unspecified atom stereocenters. The van der Waals surface area contributed by atoms with Crippen molar-refractivity contribution in [2.75, 3.05) is 44.7 Å². The summed E-state index contributed by atoms with van der Waals surface area (Å²) in [6.07, 6.45) is 1.59. The second kappa shape index (κ2) is 8.35.